The molecule has 0 aromatic heterocycles. The largest absolute Gasteiger partial charge is 0.342 e. The van der Waals surface area contributed by atoms with Gasteiger partial charge in [0.05, 0.1) is 6.54 Å². The van der Waals surface area contributed by atoms with Crippen molar-refractivity contribution in [3.05, 3.63) is 41.5 Å². The molecule has 0 aliphatic rings. The number of rotatable bonds is 6. The van der Waals surface area contributed by atoms with Crippen molar-refractivity contribution in [3.8, 4) is 0 Å². The number of carbonyl (C=O) groups excluding carboxylic acids is 2. The highest BCUT2D eigenvalue weighted by Crippen LogP contribution is 2.05. The van der Waals surface area contributed by atoms with Crippen LogP contribution in [0.2, 0.25) is 0 Å². The van der Waals surface area contributed by atoms with Crippen LogP contribution < -0.4 is 0 Å². The van der Waals surface area contributed by atoms with Crippen LogP contribution in [0.3, 0.4) is 0 Å². The summed E-state index contributed by atoms with van der Waals surface area (Å²) in [7, 11) is 1.64. The van der Waals surface area contributed by atoms with E-state index in [1.807, 2.05) is 45.0 Å². The van der Waals surface area contributed by atoms with Crippen molar-refractivity contribution in [2.24, 2.45) is 0 Å². The number of benzene rings is 1. The van der Waals surface area contributed by atoms with Crippen molar-refractivity contribution >= 4 is 17.9 Å². The van der Waals surface area contributed by atoms with Gasteiger partial charge in [0.2, 0.25) is 11.8 Å². The van der Waals surface area contributed by atoms with E-state index in [1.165, 1.54) is 16.5 Å². The van der Waals surface area contributed by atoms with Gasteiger partial charge in [0.15, 0.2) is 0 Å². The van der Waals surface area contributed by atoms with Crippen LogP contribution in [0.25, 0.3) is 6.08 Å². The molecule has 0 aliphatic carbocycles. The van der Waals surface area contributed by atoms with E-state index in [0.717, 1.165) is 5.56 Å². The Balaban J connectivity index is 2.58. The summed E-state index contributed by atoms with van der Waals surface area (Å²) in [6.45, 7) is 7.32. The van der Waals surface area contributed by atoms with Crippen LogP contribution in [0.15, 0.2) is 30.3 Å². The summed E-state index contributed by atoms with van der Waals surface area (Å²) in [6, 6.07) is 7.91. The number of likely N-dealkylation sites (N-methyl/N-ethyl adjacent to an activating group) is 2. The molecule has 4 nitrogen and oxygen atoms in total. The maximum atomic E-state index is 12.0. The normalized spacial score (nSPS) is 10.7. The van der Waals surface area contributed by atoms with E-state index in [4.69, 9.17) is 0 Å². The lowest BCUT2D eigenvalue weighted by Gasteiger charge is -2.22. The molecule has 0 unspecified atom stereocenters. The quantitative estimate of drug-likeness (QED) is 0.754. The fourth-order valence-electron chi connectivity index (χ4n) is 1.93. The summed E-state index contributed by atoms with van der Waals surface area (Å²) >= 11 is 0. The van der Waals surface area contributed by atoms with Crippen molar-refractivity contribution in [2.75, 3.05) is 26.7 Å². The molecule has 1 rings (SSSR count). The molecule has 114 valence electrons. The maximum absolute atomic E-state index is 12.0. The summed E-state index contributed by atoms with van der Waals surface area (Å²) in [5, 5.41) is 0. The molecule has 0 aliphatic heterocycles. The predicted octanol–water partition coefficient (Wildman–Crippen LogP) is 2.34. The summed E-state index contributed by atoms with van der Waals surface area (Å²) in [5.41, 5.74) is 2.15. The minimum absolute atomic E-state index is 0.0282. The molecule has 4 heteroatoms. The average molecular weight is 288 g/mol. The van der Waals surface area contributed by atoms with E-state index in [2.05, 4.69) is 0 Å². The summed E-state index contributed by atoms with van der Waals surface area (Å²) in [4.78, 5) is 27.1. The summed E-state index contributed by atoms with van der Waals surface area (Å²) in [5.74, 6) is -0.198. The Morgan fingerprint density at radius 3 is 2.19 bits per heavy atom. The van der Waals surface area contributed by atoms with Gasteiger partial charge in [0, 0.05) is 26.2 Å². The first kappa shape index (κ1) is 17.0. The minimum atomic E-state index is -0.170. The van der Waals surface area contributed by atoms with Crippen LogP contribution in [-0.4, -0.2) is 48.3 Å². The Hall–Kier alpha value is -2.10. The Kier molecular flexibility index (Phi) is 6.66. The van der Waals surface area contributed by atoms with Gasteiger partial charge < -0.3 is 9.80 Å². The number of hydrogen-bond donors (Lipinski definition) is 0. The van der Waals surface area contributed by atoms with Gasteiger partial charge in [-0.1, -0.05) is 29.8 Å². The molecule has 0 fully saturated rings. The van der Waals surface area contributed by atoms with E-state index in [0.29, 0.717) is 13.1 Å². The molecular formula is C17H24N2O2. The van der Waals surface area contributed by atoms with E-state index in [9.17, 15) is 9.59 Å². The third-order valence-electron chi connectivity index (χ3n) is 3.36. The topological polar surface area (TPSA) is 40.6 Å². The van der Waals surface area contributed by atoms with Gasteiger partial charge in [-0.25, -0.2) is 0 Å². The molecule has 0 heterocycles. The second-order valence-electron chi connectivity index (χ2n) is 5.00. The predicted molar refractivity (Wildman–Crippen MR) is 85.8 cm³/mol. The third-order valence-corrected chi connectivity index (χ3v) is 3.36. The van der Waals surface area contributed by atoms with E-state index >= 15 is 0 Å². The number of hydrogen-bond acceptors (Lipinski definition) is 2. The molecule has 2 amide bonds. The van der Waals surface area contributed by atoms with Crippen molar-refractivity contribution in [1.29, 1.82) is 0 Å². The Morgan fingerprint density at radius 2 is 1.67 bits per heavy atom. The third kappa shape index (κ3) is 5.42. The average Bonchev–Trinajstić information content (AvgIpc) is 2.47. The van der Waals surface area contributed by atoms with Gasteiger partial charge in [-0.3, -0.25) is 9.59 Å². The lowest BCUT2D eigenvalue weighted by atomic mass is 10.1. The van der Waals surface area contributed by atoms with Crippen LogP contribution >= 0.6 is 0 Å². The highest BCUT2D eigenvalue weighted by atomic mass is 16.2. The molecule has 1 aromatic rings. The first-order valence-electron chi connectivity index (χ1n) is 7.25. The number of nitrogens with zero attached hydrogens (tertiary/aromatic N) is 2. The van der Waals surface area contributed by atoms with Crippen LogP contribution in [0.1, 0.15) is 25.0 Å². The first-order chi connectivity index (χ1) is 9.97. The molecule has 21 heavy (non-hydrogen) atoms. The van der Waals surface area contributed by atoms with Crippen molar-refractivity contribution in [3.63, 3.8) is 0 Å². The van der Waals surface area contributed by atoms with Crippen LogP contribution in [0.5, 0.6) is 0 Å². The molecule has 0 bridgehead atoms. The van der Waals surface area contributed by atoms with E-state index in [-0.39, 0.29) is 18.4 Å². The lowest BCUT2D eigenvalue weighted by molar-refractivity contribution is -0.136. The summed E-state index contributed by atoms with van der Waals surface area (Å²) in [6.07, 6.45) is 3.26. The highest BCUT2D eigenvalue weighted by molar-refractivity contribution is 5.94. The van der Waals surface area contributed by atoms with Crippen molar-refractivity contribution < 1.29 is 9.59 Å². The minimum Gasteiger partial charge on any atom is -0.342 e. The molecule has 0 radical (unpaired) electrons. The molecular weight excluding hydrogens is 264 g/mol. The lowest BCUT2D eigenvalue weighted by Crippen LogP contribution is -2.40. The number of aryl methyl sites for hydroxylation is 1. The Morgan fingerprint density at radius 1 is 1.10 bits per heavy atom. The molecule has 0 saturated carbocycles. The van der Waals surface area contributed by atoms with Crippen LogP contribution in [-0.2, 0) is 9.59 Å². The van der Waals surface area contributed by atoms with Crippen molar-refractivity contribution in [1.82, 2.24) is 9.80 Å². The molecule has 0 atom stereocenters. The molecule has 1 aromatic carbocycles. The zero-order valence-electron chi connectivity index (χ0n) is 13.3. The molecule has 0 N–H and O–H groups in total. The zero-order valence-corrected chi connectivity index (χ0v) is 13.3. The van der Waals surface area contributed by atoms with Crippen LogP contribution in [0, 0.1) is 6.92 Å². The molecule has 0 saturated heterocycles. The number of carbonyl (C=O) groups is 2. The fourth-order valence-corrected chi connectivity index (χ4v) is 1.93. The highest BCUT2D eigenvalue weighted by Gasteiger charge is 2.14. The van der Waals surface area contributed by atoms with E-state index in [1.54, 1.807) is 18.0 Å². The zero-order chi connectivity index (χ0) is 15.8. The second-order valence-corrected chi connectivity index (χ2v) is 5.00. The van der Waals surface area contributed by atoms with Crippen LogP contribution in [0.4, 0.5) is 0 Å². The van der Waals surface area contributed by atoms with Gasteiger partial charge in [0.25, 0.3) is 0 Å². The number of amides is 2. The smallest absolute Gasteiger partial charge is 0.246 e. The maximum Gasteiger partial charge on any atom is 0.246 e. The van der Waals surface area contributed by atoms with Gasteiger partial charge >= 0.3 is 0 Å². The first-order valence-corrected chi connectivity index (χ1v) is 7.25. The standard InChI is InChI=1S/C17H24N2O2/c1-5-19(6-2)17(21)13-18(4)16(20)12-11-15-9-7-14(3)8-10-15/h7-12H,5-6,13H2,1-4H3/b12-11+. The van der Waals surface area contributed by atoms with E-state index < -0.39 is 0 Å². The van der Waals surface area contributed by atoms with Gasteiger partial charge in [-0.05, 0) is 32.4 Å². The fraction of sp³-hybridized carbons (Fsp3) is 0.412. The molecule has 0 spiro atoms. The summed E-state index contributed by atoms with van der Waals surface area (Å²) < 4.78 is 0. The van der Waals surface area contributed by atoms with Gasteiger partial charge in [0.1, 0.15) is 0 Å². The Labute approximate surface area is 127 Å². The van der Waals surface area contributed by atoms with Gasteiger partial charge in [-0.15, -0.1) is 0 Å². The second kappa shape index (κ2) is 8.25. The monoisotopic (exact) mass is 288 g/mol. The Bertz CT molecular complexity index is 502. The van der Waals surface area contributed by atoms with Crippen molar-refractivity contribution in [2.45, 2.75) is 20.8 Å². The SMILES string of the molecule is CCN(CC)C(=O)CN(C)C(=O)/C=C/c1ccc(C)cc1. The van der Waals surface area contributed by atoms with Gasteiger partial charge in [-0.2, -0.15) is 0 Å².